The first kappa shape index (κ1) is 15.9. The molecule has 1 amide bonds. The van der Waals surface area contributed by atoms with Crippen molar-refractivity contribution in [2.45, 2.75) is 38.1 Å². The number of nitrogens with one attached hydrogen (secondary N) is 1. The molecule has 0 radical (unpaired) electrons. The summed E-state index contributed by atoms with van der Waals surface area (Å²) in [6.07, 6.45) is 5.13. The van der Waals surface area contributed by atoms with Crippen molar-refractivity contribution >= 4 is 5.91 Å². The van der Waals surface area contributed by atoms with Crippen LogP contribution in [-0.4, -0.2) is 30.6 Å². The van der Waals surface area contributed by atoms with Crippen LogP contribution in [0.15, 0.2) is 30.3 Å². The fourth-order valence-electron chi connectivity index (χ4n) is 3.62. The number of aromatic nitrogens is 1. The van der Waals surface area contributed by atoms with Crippen LogP contribution in [-0.2, 0) is 19.3 Å². The zero-order valence-corrected chi connectivity index (χ0v) is 14.4. The lowest BCUT2D eigenvalue weighted by molar-refractivity contribution is 0.0909. The lowest BCUT2D eigenvalue weighted by Crippen LogP contribution is -2.43. The van der Waals surface area contributed by atoms with Crippen molar-refractivity contribution < 1.29 is 14.3 Å². The van der Waals surface area contributed by atoms with Gasteiger partial charge in [0.2, 0.25) is 0 Å². The van der Waals surface area contributed by atoms with Crippen molar-refractivity contribution in [2.75, 3.05) is 13.7 Å². The van der Waals surface area contributed by atoms with Gasteiger partial charge in [-0.15, -0.1) is 0 Å². The number of methoxy groups -OCH3 is 1. The zero-order chi connectivity index (χ0) is 17.2. The molecule has 0 saturated carbocycles. The molecule has 2 aromatic rings. The second-order valence-electron chi connectivity index (χ2n) is 6.64. The van der Waals surface area contributed by atoms with Crippen LogP contribution in [0.1, 0.15) is 40.2 Å². The first-order valence-corrected chi connectivity index (χ1v) is 8.83. The third kappa shape index (κ3) is 3.18. The van der Waals surface area contributed by atoms with Crippen LogP contribution < -0.4 is 14.8 Å². The first-order chi connectivity index (χ1) is 12.2. The minimum atomic E-state index is -0.131. The number of amides is 1. The molecule has 0 fully saturated rings. The van der Waals surface area contributed by atoms with E-state index in [0.29, 0.717) is 12.3 Å². The molecule has 1 aliphatic carbocycles. The van der Waals surface area contributed by atoms with E-state index in [0.717, 1.165) is 48.4 Å². The minimum Gasteiger partial charge on any atom is -0.493 e. The molecule has 1 aliphatic heterocycles. The fourth-order valence-corrected chi connectivity index (χ4v) is 3.62. The Balaban J connectivity index is 1.46. The predicted molar refractivity (Wildman–Crippen MR) is 94.3 cm³/mol. The fraction of sp³-hybridized carbons (Fsp3) is 0.400. The summed E-state index contributed by atoms with van der Waals surface area (Å²) < 4.78 is 11.2. The van der Waals surface area contributed by atoms with E-state index in [1.54, 1.807) is 7.11 Å². The third-order valence-corrected chi connectivity index (χ3v) is 4.92. The normalized spacial score (nSPS) is 18.5. The van der Waals surface area contributed by atoms with Gasteiger partial charge < -0.3 is 14.8 Å². The largest absolute Gasteiger partial charge is 0.493 e. The van der Waals surface area contributed by atoms with Gasteiger partial charge in [0.1, 0.15) is 12.3 Å². The summed E-state index contributed by atoms with van der Waals surface area (Å²) in [5, 5.41) is 3.05. The van der Waals surface area contributed by atoms with Crippen LogP contribution in [0.2, 0.25) is 0 Å². The molecule has 1 aromatic carbocycles. The molecular formula is C20H22N2O3. The van der Waals surface area contributed by atoms with Gasteiger partial charge in [-0.1, -0.05) is 18.2 Å². The number of fused-ring (bicyclic) bond motifs is 2. The van der Waals surface area contributed by atoms with Crippen LogP contribution >= 0.6 is 0 Å². The van der Waals surface area contributed by atoms with E-state index in [1.165, 1.54) is 12.0 Å². The van der Waals surface area contributed by atoms with E-state index < -0.39 is 0 Å². The molecule has 4 rings (SSSR count). The lowest BCUT2D eigenvalue weighted by atomic mass is 9.96. The Morgan fingerprint density at radius 1 is 1.20 bits per heavy atom. The smallest absolute Gasteiger partial charge is 0.270 e. The number of carbonyl (C=O) groups is 1. The van der Waals surface area contributed by atoms with Gasteiger partial charge in [-0.3, -0.25) is 4.79 Å². The third-order valence-electron chi connectivity index (χ3n) is 4.92. The van der Waals surface area contributed by atoms with Gasteiger partial charge >= 0.3 is 0 Å². The Bertz CT molecular complexity index is 804. The highest BCUT2D eigenvalue weighted by molar-refractivity contribution is 5.92. The number of hydrogen-bond donors (Lipinski definition) is 1. The van der Waals surface area contributed by atoms with Gasteiger partial charge in [-0.2, -0.15) is 0 Å². The maximum Gasteiger partial charge on any atom is 0.270 e. The Labute approximate surface area is 147 Å². The van der Waals surface area contributed by atoms with E-state index in [2.05, 4.69) is 10.3 Å². The van der Waals surface area contributed by atoms with Gasteiger partial charge in [-0.25, -0.2) is 4.98 Å². The minimum absolute atomic E-state index is 0.0649. The number of para-hydroxylation sites is 1. The molecule has 1 atom stereocenters. The maximum atomic E-state index is 12.6. The van der Waals surface area contributed by atoms with Crippen LogP contribution in [0.3, 0.4) is 0 Å². The highest BCUT2D eigenvalue weighted by Gasteiger charge is 2.25. The molecule has 1 unspecified atom stereocenters. The predicted octanol–water partition coefficient (Wildman–Crippen LogP) is 2.70. The molecule has 0 spiro atoms. The van der Waals surface area contributed by atoms with Crippen molar-refractivity contribution in [3.05, 3.63) is 52.8 Å². The van der Waals surface area contributed by atoms with E-state index >= 15 is 0 Å². The summed E-state index contributed by atoms with van der Waals surface area (Å²) >= 11 is 0. The highest BCUT2D eigenvalue weighted by Crippen LogP contribution is 2.34. The average Bonchev–Trinajstić information content (AvgIpc) is 2.66. The molecule has 130 valence electrons. The van der Waals surface area contributed by atoms with Crippen LogP contribution in [0.25, 0.3) is 0 Å². The molecule has 1 N–H and O–H groups in total. The number of rotatable bonds is 3. The van der Waals surface area contributed by atoms with Gasteiger partial charge in [-0.05, 0) is 49.8 Å². The summed E-state index contributed by atoms with van der Waals surface area (Å²) in [6, 6.07) is 9.65. The second-order valence-corrected chi connectivity index (χ2v) is 6.64. The van der Waals surface area contributed by atoms with Crippen LogP contribution in [0.5, 0.6) is 11.5 Å². The monoisotopic (exact) mass is 338 g/mol. The molecule has 5 heteroatoms. The highest BCUT2D eigenvalue weighted by atomic mass is 16.5. The standard InChI is InChI=1S/C20H22N2O3/c1-24-18-8-4-6-14-11-15(12-25-19(14)18)21-20(23)17-10-9-13-5-2-3-7-16(13)22-17/h4,6,8-10,15H,2-3,5,7,11-12H2,1H3,(H,21,23). The molecule has 2 aliphatic rings. The number of pyridine rings is 1. The lowest BCUT2D eigenvalue weighted by Gasteiger charge is -2.27. The summed E-state index contributed by atoms with van der Waals surface area (Å²) in [6.45, 7) is 0.435. The number of aryl methyl sites for hydroxylation is 2. The van der Waals surface area contributed by atoms with E-state index in [4.69, 9.17) is 9.47 Å². The first-order valence-electron chi connectivity index (χ1n) is 8.83. The zero-order valence-electron chi connectivity index (χ0n) is 14.4. The SMILES string of the molecule is COc1cccc2c1OCC(NC(=O)c1ccc3c(n1)CCCC3)C2. The number of nitrogens with zero attached hydrogens (tertiary/aromatic N) is 1. The summed E-state index contributed by atoms with van der Waals surface area (Å²) in [5.41, 5.74) is 3.91. The van der Waals surface area contributed by atoms with E-state index in [9.17, 15) is 4.79 Å². The van der Waals surface area contributed by atoms with Crippen molar-refractivity contribution in [2.24, 2.45) is 0 Å². The molecule has 0 bridgehead atoms. The quantitative estimate of drug-likeness (QED) is 0.935. The van der Waals surface area contributed by atoms with Crippen molar-refractivity contribution in [1.82, 2.24) is 10.3 Å². The van der Waals surface area contributed by atoms with Crippen LogP contribution in [0, 0.1) is 0 Å². The Hall–Kier alpha value is -2.56. The number of carbonyl (C=O) groups excluding carboxylic acids is 1. The summed E-state index contributed by atoms with van der Waals surface area (Å²) in [4.78, 5) is 17.2. The summed E-state index contributed by atoms with van der Waals surface area (Å²) in [7, 11) is 1.63. The molecule has 1 aromatic heterocycles. The number of hydrogen-bond acceptors (Lipinski definition) is 4. The van der Waals surface area contributed by atoms with Crippen LogP contribution in [0.4, 0.5) is 0 Å². The Morgan fingerprint density at radius 3 is 2.96 bits per heavy atom. The second kappa shape index (κ2) is 6.75. The Morgan fingerprint density at radius 2 is 2.08 bits per heavy atom. The van der Waals surface area contributed by atoms with Gasteiger partial charge in [0.05, 0.1) is 13.2 Å². The van der Waals surface area contributed by atoms with Crippen molar-refractivity contribution in [1.29, 1.82) is 0 Å². The Kier molecular flexibility index (Phi) is 4.30. The molecular weight excluding hydrogens is 316 g/mol. The maximum absolute atomic E-state index is 12.6. The van der Waals surface area contributed by atoms with Crippen molar-refractivity contribution in [3.63, 3.8) is 0 Å². The van der Waals surface area contributed by atoms with E-state index in [1.807, 2.05) is 30.3 Å². The number of benzene rings is 1. The van der Waals surface area contributed by atoms with Gasteiger partial charge in [0, 0.05) is 11.3 Å². The number of ether oxygens (including phenoxy) is 2. The van der Waals surface area contributed by atoms with Gasteiger partial charge in [0.25, 0.3) is 5.91 Å². The topological polar surface area (TPSA) is 60.5 Å². The van der Waals surface area contributed by atoms with Gasteiger partial charge in [0.15, 0.2) is 11.5 Å². The van der Waals surface area contributed by atoms with Crippen molar-refractivity contribution in [3.8, 4) is 11.5 Å². The molecule has 2 heterocycles. The average molecular weight is 338 g/mol. The van der Waals surface area contributed by atoms with E-state index in [-0.39, 0.29) is 11.9 Å². The molecule has 5 nitrogen and oxygen atoms in total. The molecule has 25 heavy (non-hydrogen) atoms. The summed E-state index contributed by atoms with van der Waals surface area (Å²) in [5.74, 6) is 1.38. The molecule has 0 saturated heterocycles.